The van der Waals surface area contributed by atoms with Crippen molar-refractivity contribution in [1.29, 1.82) is 0 Å². The second-order valence-corrected chi connectivity index (χ2v) is 6.12. The quantitative estimate of drug-likeness (QED) is 0.807. The van der Waals surface area contributed by atoms with Crippen LogP contribution in [0.1, 0.15) is 18.4 Å². The number of hydrogen-bond donors (Lipinski definition) is 1. The van der Waals surface area contributed by atoms with Gasteiger partial charge in [0.2, 0.25) is 0 Å². The van der Waals surface area contributed by atoms with Crippen molar-refractivity contribution in [2.75, 3.05) is 31.6 Å². The van der Waals surface area contributed by atoms with Crippen LogP contribution in [0.2, 0.25) is 0 Å². The number of piperidine rings is 1. The Morgan fingerprint density at radius 2 is 1.88 bits per heavy atom. The number of nitrogens with one attached hydrogen (secondary N) is 1. The molecule has 2 saturated heterocycles. The van der Waals surface area contributed by atoms with E-state index in [0.717, 1.165) is 12.1 Å². The first-order valence-corrected chi connectivity index (χ1v) is 8.12. The summed E-state index contributed by atoms with van der Waals surface area (Å²) in [4.78, 5) is 26.7. The molecule has 6 nitrogen and oxygen atoms in total. The molecule has 2 heterocycles. The summed E-state index contributed by atoms with van der Waals surface area (Å²) in [5.41, 5.74) is -2.12. The number of hydrogen-bond acceptors (Lipinski definition) is 3. The molecule has 1 aromatic carbocycles. The van der Waals surface area contributed by atoms with Crippen LogP contribution in [0.3, 0.4) is 0 Å². The van der Waals surface area contributed by atoms with Crippen molar-refractivity contribution >= 4 is 17.8 Å². The van der Waals surface area contributed by atoms with Crippen LogP contribution in [0, 0.1) is 5.82 Å². The summed E-state index contributed by atoms with van der Waals surface area (Å²) in [6.45, 7) is 1.30. The van der Waals surface area contributed by atoms with Gasteiger partial charge in [-0.05, 0) is 25.0 Å². The Hall–Kier alpha value is -2.52. The maximum absolute atomic E-state index is 13.8. The van der Waals surface area contributed by atoms with Crippen LogP contribution in [0.25, 0.3) is 0 Å². The summed E-state index contributed by atoms with van der Waals surface area (Å²) >= 11 is 0. The van der Waals surface area contributed by atoms with Crippen molar-refractivity contribution in [1.82, 2.24) is 9.80 Å². The predicted molar refractivity (Wildman–Crippen MR) is 83.1 cm³/mol. The van der Waals surface area contributed by atoms with Gasteiger partial charge in [0.25, 0.3) is 0 Å². The highest BCUT2D eigenvalue weighted by atomic mass is 19.4. The summed E-state index contributed by atoms with van der Waals surface area (Å²) in [6.07, 6.45) is -4.22. The molecule has 0 aromatic heterocycles. The molecule has 1 aromatic rings. The molecule has 0 aliphatic carbocycles. The molecule has 10 heteroatoms. The number of amides is 3. The van der Waals surface area contributed by atoms with Gasteiger partial charge in [-0.1, -0.05) is 6.07 Å². The zero-order valence-corrected chi connectivity index (χ0v) is 13.7. The molecule has 0 atom stereocenters. The Morgan fingerprint density at radius 3 is 2.46 bits per heavy atom. The smallest absolute Gasteiger partial charge is 0.418 e. The van der Waals surface area contributed by atoms with Crippen LogP contribution in [0.5, 0.6) is 0 Å². The number of para-hydroxylation sites is 1. The van der Waals surface area contributed by atoms with Gasteiger partial charge in [-0.15, -0.1) is 0 Å². The van der Waals surface area contributed by atoms with E-state index in [1.165, 1.54) is 4.90 Å². The Balaban J connectivity index is 1.64. The van der Waals surface area contributed by atoms with E-state index in [0.29, 0.717) is 32.1 Å². The van der Waals surface area contributed by atoms with E-state index in [2.05, 4.69) is 0 Å². The van der Waals surface area contributed by atoms with E-state index in [4.69, 9.17) is 4.74 Å². The summed E-state index contributed by atoms with van der Waals surface area (Å²) in [5, 5.41) is 2.03. The molecule has 3 rings (SSSR count). The van der Waals surface area contributed by atoms with Gasteiger partial charge in [0, 0.05) is 19.1 Å². The van der Waals surface area contributed by atoms with Crippen molar-refractivity contribution in [3.8, 4) is 0 Å². The highest BCUT2D eigenvalue weighted by molar-refractivity contribution is 5.90. The van der Waals surface area contributed by atoms with Crippen LogP contribution in [-0.2, 0) is 10.9 Å². The number of ether oxygens (including phenoxy) is 1. The summed E-state index contributed by atoms with van der Waals surface area (Å²) in [6, 6.07) is 1.63. The Kier molecular flexibility index (Phi) is 4.92. The van der Waals surface area contributed by atoms with Crippen molar-refractivity contribution < 1.29 is 31.9 Å². The van der Waals surface area contributed by atoms with Gasteiger partial charge in [0.05, 0.1) is 17.8 Å². The van der Waals surface area contributed by atoms with Crippen molar-refractivity contribution in [2.45, 2.75) is 25.1 Å². The summed E-state index contributed by atoms with van der Waals surface area (Å²) < 4.78 is 57.7. The fourth-order valence-electron chi connectivity index (χ4n) is 3.19. The van der Waals surface area contributed by atoms with Crippen molar-refractivity contribution in [2.24, 2.45) is 0 Å². The number of alkyl halides is 3. The topological polar surface area (TPSA) is 61.9 Å². The highest BCUT2D eigenvalue weighted by Crippen LogP contribution is 2.36. The molecular weight excluding hydrogens is 358 g/mol. The number of likely N-dealkylation sites (tertiary alicyclic amines) is 1. The molecule has 2 fully saturated rings. The number of benzene rings is 1. The Labute approximate surface area is 146 Å². The average Bonchev–Trinajstić information content (AvgIpc) is 3.02. The lowest BCUT2D eigenvalue weighted by Gasteiger charge is -2.35. The largest absolute Gasteiger partial charge is 0.448 e. The minimum Gasteiger partial charge on any atom is -0.448 e. The van der Waals surface area contributed by atoms with E-state index in [-0.39, 0.29) is 19.1 Å². The zero-order valence-electron chi connectivity index (χ0n) is 13.7. The van der Waals surface area contributed by atoms with E-state index in [1.54, 1.807) is 4.90 Å². The number of rotatable bonds is 2. The first-order chi connectivity index (χ1) is 12.3. The maximum atomic E-state index is 13.8. The third kappa shape index (κ3) is 3.68. The maximum Gasteiger partial charge on any atom is 0.418 e. The summed E-state index contributed by atoms with van der Waals surface area (Å²) in [5.74, 6) is -1.15. The Bertz CT molecular complexity index is 702. The number of anilines is 1. The molecule has 0 saturated carbocycles. The lowest BCUT2D eigenvalue weighted by molar-refractivity contribution is -0.137. The van der Waals surface area contributed by atoms with Gasteiger partial charge in [-0.2, -0.15) is 13.2 Å². The lowest BCUT2D eigenvalue weighted by Crippen LogP contribution is -2.48. The number of urea groups is 1. The van der Waals surface area contributed by atoms with E-state index in [9.17, 15) is 27.2 Å². The second kappa shape index (κ2) is 7.00. The highest BCUT2D eigenvalue weighted by Gasteiger charge is 2.37. The number of nitrogens with zero attached hydrogens (tertiary/aromatic N) is 2. The van der Waals surface area contributed by atoms with Crippen LogP contribution in [-0.4, -0.2) is 54.2 Å². The van der Waals surface area contributed by atoms with Crippen LogP contribution >= 0.6 is 0 Å². The molecule has 0 spiro atoms. The second-order valence-electron chi connectivity index (χ2n) is 6.12. The predicted octanol–water partition coefficient (Wildman–Crippen LogP) is 3.29. The lowest BCUT2D eigenvalue weighted by atomic mass is 10.0. The van der Waals surface area contributed by atoms with E-state index in [1.807, 2.05) is 5.32 Å². The monoisotopic (exact) mass is 375 g/mol. The third-order valence-electron chi connectivity index (χ3n) is 4.54. The van der Waals surface area contributed by atoms with Gasteiger partial charge in [0.15, 0.2) is 0 Å². The average molecular weight is 375 g/mol. The normalized spacial score (nSPS) is 18.8. The number of halogens is 4. The molecule has 1 N–H and O–H groups in total. The molecule has 0 unspecified atom stereocenters. The first-order valence-electron chi connectivity index (χ1n) is 8.12. The number of cyclic esters (lactones) is 1. The minimum atomic E-state index is -4.78. The molecule has 2 aliphatic heterocycles. The molecule has 26 heavy (non-hydrogen) atoms. The summed E-state index contributed by atoms with van der Waals surface area (Å²) in [7, 11) is 0. The fraction of sp³-hybridized carbons (Fsp3) is 0.500. The first kappa shape index (κ1) is 18.3. The van der Waals surface area contributed by atoms with Crippen molar-refractivity contribution in [3.05, 3.63) is 29.6 Å². The SMILES string of the molecule is O=C(Nc1c(F)cccc1C(F)(F)F)N1CCC(N2CCOC2=O)CC1. The zero-order chi connectivity index (χ0) is 18.9. The van der Waals surface area contributed by atoms with Gasteiger partial charge >= 0.3 is 18.3 Å². The number of carbonyl (C=O) groups is 2. The van der Waals surface area contributed by atoms with Crippen LogP contribution in [0.15, 0.2) is 18.2 Å². The Morgan fingerprint density at radius 1 is 1.19 bits per heavy atom. The van der Waals surface area contributed by atoms with Gasteiger partial charge in [-0.3, -0.25) is 0 Å². The van der Waals surface area contributed by atoms with Gasteiger partial charge < -0.3 is 19.9 Å². The molecule has 3 amide bonds. The minimum absolute atomic E-state index is 0.0757. The molecule has 2 aliphatic rings. The number of carbonyl (C=O) groups excluding carboxylic acids is 2. The van der Waals surface area contributed by atoms with Gasteiger partial charge in [0.1, 0.15) is 12.4 Å². The molecule has 142 valence electrons. The molecular formula is C16H17F4N3O3. The van der Waals surface area contributed by atoms with Gasteiger partial charge in [-0.25, -0.2) is 14.0 Å². The standard InChI is InChI=1S/C16H17F4N3O3/c17-12-3-1-2-11(16(18,19)20)13(12)21-14(24)22-6-4-10(5-7-22)23-8-9-26-15(23)25/h1-3,10H,4-9H2,(H,21,24). The molecule has 0 bridgehead atoms. The third-order valence-corrected chi connectivity index (χ3v) is 4.54. The van der Waals surface area contributed by atoms with Crippen LogP contribution < -0.4 is 5.32 Å². The van der Waals surface area contributed by atoms with E-state index >= 15 is 0 Å². The van der Waals surface area contributed by atoms with E-state index < -0.39 is 35.4 Å². The fourth-order valence-corrected chi connectivity index (χ4v) is 3.19. The van der Waals surface area contributed by atoms with Crippen LogP contribution in [0.4, 0.5) is 32.8 Å². The van der Waals surface area contributed by atoms with Crippen molar-refractivity contribution in [3.63, 3.8) is 0 Å². The molecule has 0 radical (unpaired) electrons.